The number of allylic oxidation sites excluding steroid dienone is 3. The lowest BCUT2D eigenvalue weighted by molar-refractivity contribution is 0.378. The average Bonchev–Trinajstić information content (AvgIpc) is 3.19. The fraction of sp³-hybridized carbons (Fsp3) is 0.789. The first-order valence-electron chi connectivity index (χ1n) is 8.85. The zero-order valence-corrected chi connectivity index (χ0v) is 13.7. The first kappa shape index (κ1) is 17.5. The van der Waals surface area contributed by atoms with Crippen molar-refractivity contribution in [3.8, 4) is 0 Å². The van der Waals surface area contributed by atoms with Crippen LogP contribution in [0.5, 0.6) is 0 Å². The van der Waals surface area contributed by atoms with E-state index in [1.165, 1.54) is 64.2 Å². The van der Waals surface area contributed by atoms with Gasteiger partial charge in [0.2, 0.25) is 0 Å². The molecule has 1 nitrogen and oxygen atoms in total. The Morgan fingerprint density at radius 1 is 0.800 bits per heavy atom. The van der Waals surface area contributed by atoms with E-state index in [0.29, 0.717) is 12.2 Å². The van der Waals surface area contributed by atoms with Gasteiger partial charge in [-0.1, -0.05) is 83.1 Å². The van der Waals surface area contributed by atoms with Gasteiger partial charge < -0.3 is 4.74 Å². The molecular weight excluding hydrogens is 244 g/mol. The van der Waals surface area contributed by atoms with Crippen LogP contribution in [0.4, 0.5) is 0 Å². The maximum absolute atomic E-state index is 5.55. The van der Waals surface area contributed by atoms with Crippen LogP contribution in [-0.2, 0) is 4.74 Å². The van der Waals surface area contributed by atoms with E-state index in [2.05, 4.69) is 38.2 Å². The maximum Gasteiger partial charge on any atom is 0.102 e. The molecule has 0 bridgehead atoms. The number of hydrogen-bond acceptors (Lipinski definition) is 1. The fourth-order valence-corrected chi connectivity index (χ4v) is 2.57. The maximum atomic E-state index is 5.55. The molecule has 0 N–H and O–H groups in total. The number of epoxide rings is 1. The van der Waals surface area contributed by atoms with Crippen molar-refractivity contribution in [2.75, 3.05) is 0 Å². The third-order valence-electron chi connectivity index (χ3n) is 3.93. The van der Waals surface area contributed by atoms with Gasteiger partial charge in [-0.3, -0.25) is 0 Å². The summed E-state index contributed by atoms with van der Waals surface area (Å²) in [6.07, 6.45) is 24.6. The minimum absolute atomic E-state index is 0.423. The Morgan fingerprint density at radius 2 is 1.55 bits per heavy atom. The summed E-state index contributed by atoms with van der Waals surface area (Å²) in [7, 11) is 0. The van der Waals surface area contributed by atoms with Crippen molar-refractivity contribution < 1.29 is 4.74 Å². The molecule has 1 rings (SSSR count). The van der Waals surface area contributed by atoms with E-state index in [4.69, 9.17) is 4.74 Å². The lowest BCUT2D eigenvalue weighted by Crippen LogP contribution is -1.88. The SMILES string of the molecule is CCCCCCCCCC=CCC=C[C@@H]1O[C@H]1CCC. The molecule has 0 aromatic heterocycles. The molecule has 0 aromatic rings. The van der Waals surface area contributed by atoms with Crippen LogP contribution in [-0.4, -0.2) is 12.2 Å². The summed E-state index contributed by atoms with van der Waals surface area (Å²) < 4.78 is 5.55. The van der Waals surface area contributed by atoms with Crippen molar-refractivity contribution in [2.45, 2.75) is 96.7 Å². The molecule has 1 fully saturated rings. The van der Waals surface area contributed by atoms with E-state index < -0.39 is 0 Å². The summed E-state index contributed by atoms with van der Waals surface area (Å²) >= 11 is 0. The molecule has 1 aliphatic rings. The number of hydrogen-bond donors (Lipinski definition) is 0. The van der Waals surface area contributed by atoms with Gasteiger partial charge in [-0.2, -0.15) is 0 Å². The molecule has 0 amide bonds. The second-order valence-electron chi connectivity index (χ2n) is 5.97. The minimum atomic E-state index is 0.423. The van der Waals surface area contributed by atoms with Crippen LogP contribution in [0.2, 0.25) is 0 Å². The van der Waals surface area contributed by atoms with Gasteiger partial charge in [0.1, 0.15) is 6.10 Å². The predicted molar refractivity (Wildman–Crippen MR) is 89.1 cm³/mol. The summed E-state index contributed by atoms with van der Waals surface area (Å²) in [6.45, 7) is 4.49. The van der Waals surface area contributed by atoms with E-state index in [1.54, 1.807) is 0 Å². The largest absolute Gasteiger partial charge is 0.365 e. The highest BCUT2D eigenvalue weighted by atomic mass is 16.6. The standard InChI is InChI=1S/C19H34O/c1-3-5-6-7-8-9-10-11-12-13-14-15-17-19-18(20-19)16-4-2/h12-13,15,17-19H,3-11,14,16H2,1-2H3/t18-,19-/m0/s1. The van der Waals surface area contributed by atoms with Gasteiger partial charge >= 0.3 is 0 Å². The molecule has 1 saturated heterocycles. The molecule has 0 spiro atoms. The molecule has 0 radical (unpaired) electrons. The Hall–Kier alpha value is -0.560. The molecule has 1 heteroatoms. The van der Waals surface area contributed by atoms with E-state index in [1.807, 2.05) is 0 Å². The van der Waals surface area contributed by atoms with Crippen LogP contribution in [0.1, 0.15) is 84.5 Å². The zero-order valence-electron chi connectivity index (χ0n) is 13.7. The van der Waals surface area contributed by atoms with Crippen LogP contribution in [0.3, 0.4) is 0 Å². The molecule has 0 saturated carbocycles. The molecular formula is C19H34O. The monoisotopic (exact) mass is 278 g/mol. The van der Waals surface area contributed by atoms with Crippen LogP contribution < -0.4 is 0 Å². The lowest BCUT2D eigenvalue weighted by atomic mass is 10.1. The Balaban J connectivity index is 1.82. The zero-order chi connectivity index (χ0) is 14.5. The van der Waals surface area contributed by atoms with Crippen molar-refractivity contribution in [1.29, 1.82) is 0 Å². The average molecular weight is 278 g/mol. The highest BCUT2D eigenvalue weighted by Gasteiger charge is 2.34. The lowest BCUT2D eigenvalue weighted by Gasteiger charge is -1.98. The van der Waals surface area contributed by atoms with Gasteiger partial charge in [0.25, 0.3) is 0 Å². The molecule has 116 valence electrons. The predicted octanol–water partition coefficient (Wildman–Crippen LogP) is 6.20. The summed E-state index contributed by atoms with van der Waals surface area (Å²) in [5, 5.41) is 0. The minimum Gasteiger partial charge on any atom is -0.365 e. The number of ether oxygens (including phenoxy) is 1. The molecule has 2 atom stereocenters. The smallest absolute Gasteiger partial charge is 0.102 e. The molecule has 20 heavy (non-hydrogen) atoms. The van der Waals surface area contributed by atoms with Crippen molar-refractivity contribution in [3.05, 3.63) is 24.3 Å². The van der Waals surface area contributed by atoms with Gasteiger partial charge in [-0.25, -0.2) is 0 Å². The second kappa shape index (κ2) is 12.2. The van der Waals surface area contributed by atoms with Gasteiger partial charge in [0.15, 0.2) is 0 Å². The van der Waals surface area contributed by atoms with Crippen LogP contribution in [0.15, 0.2) is 24.3 Å². The second-order valence-corrected chi connectivity index (χ2v) is 5.97. The molecule has 0 aromatic carbocycles. The molecule has 1 aliphatic heterocycles. The third-order valence-corrected chi connectivity index (χ3v) is 3.93. The van der Waals surface area contributed by atoms with Gasteiger partial charge in [-0.15, -0.1) is 0 Å². The fourth-order valence-electron chi connectivity index (χ4n) is 2.57. The summed E-state index contributed by atoms with van der Waals surface area (Å²) in [5.74, 6) is 0. The van der Waals surface area contributed by atoms with Gasteiger partial charge in [0.05, 0.1) is 6.10 Å². The first-order valence-corrected chi connectivity index (χ1v) is 8.85. The third kappa shape index (κ3) is 9.36. The van der Waals surface area contributed by atoms with Crippen molar-refractivity contribution in [2.24, 2.45) is 0 Å². The van der Waals surface area contributed by atoms with E-state index in [0.717, 1.165) is 6.42 Å². The Bertz CT molecular complexity index is 267. The summed E-state index contributed by atoms with van der Waals surface area (Å²) in [6, 6.07) is 0. The van der Waals surface area contributed by atoms with Crippen LogP contribution in [0, 0.1) is 0 Å². The summed E-state index contributed by atoms with van der Waals surface area (Å²) in [4.78, 5) is 0. The van der Waals surface area contributed by atoms with Crippen molar-refractivity contribution >= 4 is 0 Å². The van der Waals surface area contributed by atoms with E-state index in [9.17, 15) is 0 Å². The Labute approximate surface area is 126 Å². The molecule has 0 aliphatic carbocycles. The summed E-state index contributed by atoms with van der Waals surface area (Å²) in [5.41, 5.74) is 0. The molecule has 0 unspecified atom stereocenters. The van der Waals surface area contributed by atoms with Crippen LogP contribution >= 0.6 is 0 Å². The number of unbranched alkanes of at least 4 members (excludes halogenated alkanes) is 7. The number of rotatable bonds is 13. The van der Waals surface area contributed by atoms with Crippen molar-refractivity contribution in [3.63, 3.8) is 0 Å². The first-order chi connectivity index (χ1) is 9.88. The normalized spacial score (nSPS) is 22.1. The van der Waals surface area contributed by atoms with Gasteiger partial charge in [-0.05, 0) is 25.7 Å². The Morgan fingerprint density at radius 3 is 2.30 bits per heavy atom. The molecule has 1 heterocycles. The van der Waals surface area contributed by atoms with Crippen molar-refractivity contribution in [1.82, 2.24) is 0 Å². The van der Waals surface area contributed by atoms with Gasteiger partial charge in [0, 0.05) is 0 Å². The topological polar surface area (TPSA) is 12.5 Å². The highest BCUT2D eigenvalue weighted by molar-refractivity contribution is 5.04. The quantitative estimate of drug-likeness (QED) is 0.222. The Kier molecular flexibility index (Phi) is 10.7. The van der Waals surface area contributed by atoms with Crippen LogP contribution in [0.25, 0.3) is 0 Å². The van der Waals surface area contributed by atoms with E-state index >= 15 is 0 Å². The highest BCUT2D eigenvalue weighted by Crippen LogP contribution is 2.27. The van der Waals surface area contributed by atoms with E-state index in [-0.39, 0.29) is 0 Å².